The molecule has 0 saturated heterocycles. The van der Waals surface area contributed by atoms with E-state index in [1.165, 1.54) is 11.3 Å². The van der Waals surface area contributed by atoms with Gasteiger partial charge in [0.05, 0.1) is 44.8 Å². The molecule has 172 valence electrons. The third kappa shape index (κ3) is 4.13. The van der Waals surface area contributed by atoms with Crippen LogP contribution in [0.5, 0.6) is 5.75 Å². The fourth-order valence-corrected chi connectivity index (χ4v) is 6.55. The van der Waals surface area contributed by atoms with Crippen LogP contribution in [0.4, 0.5) is 0 Å². The third-order valence-corrected chi connectivity index (χ3v) is 8.34. The van der Waals surface area contributed by atoms with Gasteiger partial charge in [0.15, 0.2) is 0 Å². The maximum Gasteiger partial charge on any atom is 0.338 e. The predicted molar refractivity (Wildman–Crippen MR) is 130 cm³/mol. The number of phenolic OH excluding ortho intramolecular Hbond substituents is 1. The summed E-state index contributed by atoms with van der Waals surface area (Å²) in [6, 6.07) is 1.93. The minimum absolute atomic E-state index is 0.00110. The molecule has 8 nitrogen and oxygen atoms in total. The Bertz CT molecular complexity index is 1390. The van der Waals surface area contributed by atoms with Crippen molar-refractivity contribution in [2.24, 2.45) is 0 Å². The number of aromatic nitrogens is 4. The van der Waals surface area contributed by atoms with Crippen LogP contribution in [0.2, 0.25) is 0 Å². The Kier molecular flexibility index (Phi) is 5.87. The predicted octanol–water partition coefficient (Wildman–Crippen LogP) is 4.60. The van der Waals surface area contributed by atoms with Gasteiger partial charge in [-0.2, -0.15) is 0 Å². The molecule has 1 saturated carbocycles. The van der Waals surface area contributed by atoms with E-state index >= 15 is 0 Å². The van der Waals surface area contributed by atoms with Gasteiger partial charge in [-0.05, 0) is 41.8 Å². The molecule has 4 aromatic rings. The van der Waals surface area contributed by atoms with Crippen LogP contribution in [0.3, 0.4) is 0 Å². The molecule has 0 amide bonds. The average Bonchev–Trinajstić information content (AvgIpc) is 3.15. The highest BCUT2D eigenvalue weighted by atomic mass is 79.9. The maximum atomic E-state index is 13.0. The monoisotopic (exact) mass is 548 g/mol. The van der Waals surface area contributed by atoms with Gasteiger partial charge in [-0.15, -0.1) is 11.3 Å². The van der Waals surface area contributed by atoms with Crippen molar-refractivity contribution in [1.82, 2.24) is 19.1 Å². The molecule has 0 spiro atoms. The first-order valence-electron chi connectivity index (χ1n) is 10.3. The number of carboxylic acid groups (broad SMARTS) is 1. The lowest BCUT2D eigenvalue weighted by atomic mass is 10.0. The number of aryl methyl sites for hydroxylation is 1. The highest BCUT2D eigenvalue weighted by molar-refractivity contribution is 9.10. The number of fused-ring (bicyclic) bond motifs is 1. The summed E-state index contributed by atoms with van der Waals surface area (Å²) in [4.78, 5) is 21.0. The van der Waals surface area contributed by atoms with Crippen molar-refractivity contribution in [2.75, 3.05) is 0 Å². The zero-order valence-corrected chi connectivity index (χ0v) is 20.9. The smallest absolute Gasteiger partial charge is 0.338 e. The normalized spacial score (nSPS) is 14.7. The summed E-state index contributed by atoms with van der Waals surface area (Å²) >= 11 is 4.89. The summed E-state index contributed by atoms with van der Waals surface area (Å²) in [6.45, 7) is 2.12. The number of benzene rings is 1. The number of carboxylic acids is 1. The van der Waals surface area contributed by atoms with Crippen LogP contribution in [0.1, 0.15) is 52.0 Å². The number of phenols is 1. The zero-order chi connectivity index (χ0) is 23.3. The Balaban J connectivity index is 1.71. The van der Waals surface area contributed by atoms with Crippen molar-refractivity contribution >= 4 is 54.9 Å². The number of imidazole rings is 1. The summed E-state index contributed by atoms with van der Waals surface area (Å²) in [5.41, 5.74) is 4.31. The fourth-order valence-electron chi connectivity index (χ4n) is 4.25. The van der Waals surface area contributed by atoms with Crippen LogP contribution in [0.25, 0.3) is 10.9 Å². The van der Waals surface area contributed by atoms with Crippen molar-refractivity contribution in [3.05, 3.63) is 62.2 Å². The van der Waals surface area contributed by atoms with E-state index in [2.05, 4.69) is 25.9 Å². The van der Waals surface area contributed by atoms with Crippen molar-refractivity contribution in [2.45, 2.75) is 43.9 Å². The summed E-state index contributed by atoms with van der Waals surface area (Å²) in [5.74, 6) is 0.0361. The zero-order valence-electron chi connectivity index (χ0n) is 17.7. The van der Waals surface area contributed by atoms with Crippen LogP contribution in [-0.2, 0) is 28.9 Å². The minimum atomic E-state index is -1.33. The Morgan fingerprint density at radius 3 is 2.73 bits per heavy atom. The van der Waals surface area contributed by atoms with Gasteiger partial charge in [0.25, 0.3) is 0 Å². The van der Waals surface area contributed by atoms with Crippen molar-refractivity contribution in [3.8, 4) is 5.75 Å². The number of aromatic hydroxyl groups is 1. The molecule has 1 unspecified atom stereocenters. The highest BCUT2D eigenvalue weighted by Gasteiger charge is 2.34. The molecule has 0 bridgehead atoms. The first-order valence-corrected chi connectivity index (χ1v) is 13.6. The fraction of sp³-hybridized carbons (Fsp3) is 0.318. The largest absolute Gasteiger partial charge is 0.506 e. The lowest BCUT2D eigenvalue weighted by Gasteiger charge is -2.13. The molecule has 5 rings (SSSR count). The summed E-state index contributed by atoms with van der Waals surface area (Å²) < 4.78 is 17.4. The van der Waals surface area contributed by atoms with E-state index in [0.29, 0.717) is 21.1 Å². The summed E-state index contributed by atoms with van der Waals surface area (Å²) in [6.07, 6.45) is 5.33. The average molecular weight is 549 g/mol. The van der Waals surface area contributed by atoms with Crippen LogP contribution in [0.15, 0.2) is 33.8 Å². The number of halogens is 1. The standard InChI is InChI=1S/C22H21BrN4O4S2/c1-12-24-4-5-26(12)7-15-19-17(6-16(23)21(15)28)27(14-2-3-14)18(20(19)22(29)30)10-33(31)9-13-8-32-11-25-13/h4-6,8,11,14,28H,2-3,7,9-10H2,1H3,(H,29,30). The molecule has 0 aliphatic heterocycles. The van der Waals surface area contributed by atoms with E-state index in [-0.39, 0.29) is 35.4 Å². The number of hydrogen-bond acceptors (Lipinski definition) is 6. The number of thiazole rings is 1. The number of carbonyl (C=O) groups is 1. The second-order valence-corrected chi connectivity index (χ2v) is 11.1. The Morgan fingerprint density at radius 1 is 1.33 bits per heavy atom. The van der Waals surface area contributed by atoms with E-state index < -0.39 is 16.8 Å². The van der Waals surface area contributed by atoms with Gasteiger partial charge in [0, 0.05) is 51.3 Å². The van der Waals surface area contributed by atoms with Crippen molar-refractivity contribution in [3.63, 3.8) is 0 Å². The van der Waals surface area contributed by atoms with Gasteiger partial charge in [-0.25, -0.2) is 14.8 Å². The lowest BCUT2D eigenvalue weighted by molar-refractivity contribution is 0.0698. The highest BCUT2D eigenvalue weighted by Crippen LogP contribution is 2.46. The third-order valence-electron chi connectivity index (χ3n) is 5.89. The first-order chi connectivity index (χ1) is 15.8. The second-order valence-electron chi connectivity index (χ2n) is 8.12. The van der Waals surface area contributed by atoms with E-state index in [1.807, 2.05) is 21.4 Å². The molecular weight excluding hydrogens is 528 g/mol. The molecular formula is C22H21BrN4O4S2. The minimum Gasteiger partial charge on any atom is -0.506 e. The van der Waals surface area contributed by atoms with E-state index in [0.717, 1.165) is 29.9 Å². The maximum absolute atomic E-state index is 13.0. The van der Waals surface area contributed by atoms with Crippen LogP contribution in [0, 0.1) is 6.92 Å². The molecule has 3 heterocycles. The topological polar surface area (TPSA) is 110 Å². The summed E-state index contributed by atoms with van der Waals surface area (Å²) in [7, 11) is -1.33. The Morgan fingerprint density at radius 2 is 2.12 bits per heavy atom. The molecule has 1 fully saturated rings. The van der Waals surface area contributed by atoms with E-state index in [4.69, 9.17) is 0 Å². The number of nitrogens with zero attached hydrogens (tertiary/aromatic N) is 4. The van der Waals surface area contributed by atoms with E-state index in [9.17, 15) is 19.2 Å². The van der Waals surface area contributed by atoms with Gasteiger partial charge >= 0.3 is 5.97 Å². The summed E-state index contributed by atoms with van der Waals surface area (Å²) in [5, 5.41) is 23.6. The molecule has 33 heavy (non-hydrogen) atoms. The molecule has 0 radical (unpaired) electrons. The van der Waals surface area contributed by atoms with E-state index in [1.54, 1.807) is 24.0 Å². The molecule has 3 aromatic heterocycles. The number of aromatic carboxylic acids is 1. The van der Waals surface area contributed by atoms with Gasteiger partial charge in [-0.1, -0.05) is 0 Å². The molecule has 1 aromatic carbocycles. The molecule has 1 aliphatic carbocycles. The lowest BCUT2D eigenvalue weighted by Crippen LogP contribution is -2.10. The quantitative estimate of drug-likeness (QED) is 0.333. The second kappa shape index (κ2) is 8.69. The SMILES string of the molecule is Cc1nccn1Cc1c(O)c(Br)cc2c1c(C(=O)O)c(CS(=O)Cc1cscn1)n2C1CC1. The molecule has 2 N–H and O–H groups in total. The van der Waals surface area contributed by atoms with Crippen molar-refractivity contribution < 1.29 is 19.2 Å². The van der Waals surface area contributed by atoms with Crippen LogP contribution >= 0.6 is 27.3 Å². The molecule has 11 heteroatoms. The Labute approximate surface area is 204 Å². The first kappa shape index (κ1) is 22.3. The van der Waals surface area contributed by atoms with Crippen molar-refractivity contribution in [1.29, 1.82) is 0 Å². The van der Waals surface area contributed by atoms with Crippen LogP contribution in [-0.4, -0.2) is 39.5 Å². The van der Waals surface area contributed by atoms with Gasteiger partial charge in [0.2, 0.25) is 0 Å². The Hall–Kier alpha value is -2.50. The van der Waals surface area contributed by atoms with Gasteiger partial charge in [-0.3, -0.25) is 4.21 Å². The van der Waals surface area contributed by atoms with Gasteiger partial charge < -0.3 is 19.3 Å². The van der Waals surface area contributed by atoms with Crippen LogP contribution < -0.4 is 0 Å². The molecule has 1 aliphatic rings. The molecule has 1 atom stereocenters. The number of rotatable bonds is 8. The van der Waals surface area contributed by atoms with Gasteiger partial charge in [0.1, 0.15) is 11.6 Å². The number of hydrogen-bond donors (Lipinski definition) is 2.